The summed E-state index contributed by atoms with van der Waals surface area (Å²) in [5, 5.41) is 12.1. The molecule has 1 aromatic heterocycles. The van der Waals surface area contributed by atoms with Gasteiger partial charge in [0.15, 0.2) is 11.0 Å². The summed E-state index contributed by atoms with van der Waals surface area (Å²) in [6, 6.07) is 16.6. The fourth-order valence-corrected chi connectivity index (χ4v) is 3.79. The smallest absolute Gasteiger partial charge is 0.230 e. The molecule has 0 radical (unpaired) electrons. The number of hydrogen-bond acceptors (Lipinski definition) is 4. The average molecular weight is 413 g/mol. The highest BCUT2D eigenvalue weighted by Gasteiger charge is 2.19. The normalized spacial score (nSPS) is 11.0. The van der Waals surface area contributed by atoms with Gasteiger partial charge in [-0.05, 0) is 30.5 Å². The van der Waals surface area contributed by atoms with Crippen molar-refractivity contribution in [3.63, 3.8) is 0 Å². The molecule has 152 valence electrons. The largest absolute Gasteiger partial charge is 0.353 e. The van der Waals surface area contributed by atoms with Crippen LogP contribution in [0.4, 0.5) is 4.39 Å². The Hall–Kier alpha value is -2.67. The summed E-state index contributed by atoms with van der Waals surface area (Å²) in [7, 11) is 0. The van der Waals surface area contributed by atoms with Crippen LogP contribution < -0.4 is 5.32 Å². The number of rotatable bonds is 9. The van der Waals surface area contributed by atoms with E-state index in [9.17, 15) is 9.18 Å². The zero-order valence-electron chi connectivity index (χ0n) is 16.6. The van der Waals surface area contributed by atoms with Crippen molar-refractivity contribution >= 4 is 17.7 Å². The van der Waals surface area contributed by atoms with E-state index in [1.54, 1.807) is 18.2 Å². The standard InChI is InChI=1S/C22H25FN4OS/c1-3-17(4-2)24-20(28)15-29-22-26-25-21(18-12-8-9-13-19(18)23)27(22)14-16-10-6-5-7-11-16/h5-13,17H,3-4,14-15H2,1-2H3,(H,24,28). The van der Waals surface area contributed by atoms with Gasteiger partial charge in [-0.15, -0.1) is 10.2 Å². The average Bonchev–Trinajstić information content (AvgIpc) is 3.13. The summed E-state index contributed by atoms with van der Waals surface area (Å²) in [5.41, 5.74) is 1.44. The van der Waals surface area contributed by atoms with Gasteiger partial charge in [0.1, 0.15) is 5.82 Å². The summed E-state index contributed by atoms with van der Waals surface area (Å²) < 4.78 is 16.3. The van der Waals surface area contributed by atoms with Gasteiger partial charge in [-0.3, -0.25) is 9.36 Å². The second kappa shape index (κ2) is 10.2. The Bertz CT molecular complexity index is 941. The lowest BCUT2D eigenvalue weighted by Crippen LogP contribution is -2.35. The van der Waals surface area contributed by atoms with E-state index >= 15 is 0 Å². The number of hydrogen-bond donors (Lipinski definition) is 1. The van der Waals surface area contributed by atoms with E-state index in [1.807, 2.05) is 34.9 Å². The van der Waals surface area contributed by atoms with Gasteiger partial charge in [0.25, 0.3) is 0 Å². The van der Waals surface area contributed by atoms with E-state index < -0.39 is 0 Å². The van der Waals surface area contributed by atoms with E-state index in [-0.39, 0.29) is 23.5 Å². The van der Waals surface area contributed by atoms with Crippen LogP contribution in [0.3, 0.4) is 0 Å². The van der Waals surface area contributed by atoms with Crippen LogP contribution >= 0.6 is 11.8 Å². The quantitative estimate of drug-likeness (QED) is 0.525. The summed E-state index contributed by atoms with van der Waals surface area (Å²) >= 11 is 1.31. The van der Waals surface area contributed by atoms with Crippen molar-refractivity contribution in [1.82, 2.24) is 20.1 Å². The van der Waals surface area contributed by atoms with Crippen LogP contribution in [0.5, 0.6) is 0 Å². The molecule has 0 aliphatic heterocycles. The lowest BCUT2D eigenvalue weighted by Gasteiger charge is -2.14. The zero-order valence-corrected chi connectivity index (χ0v) is 17.5. The summed E-state index contributed by atoms with van der Waals surface area (Å²) in [5.74, 6) is 0.304. The molecule has 0 unspecified atom stereocenters. The number of nitrogens with one attached hydrogen (secondary N) is 1. The molecule has 0 fully saturated rings. The topological polar surface area (TPSA) is 59.8 Å². The Kier molecular flexibility index (Phi) is 7.41. The van der Waals surface area contributed by atoms with E-state index in [4.69, 9.17) is 0 Å². The SMILES string of the molecule is CCC(CC)NC(=O)CSc1nnc(-c2ccccc2F)n1Cc1ccccc1. The second-order valence-corrected chi connectivity index (χ2v) is 7.67. The summed E-state index contributed by atoms with van der Waals surface area (Å²) in [4.78, 5) is 12.3. The van der Waals surface area contributed by atoms with Gasteiger partial charge in [0.2, 0.25) is 5.91 Å². The minimum Gasteiger partial charge on any atom is -0.353 e. The number of amides is 1. The molecule has 0 spiro atoms. The maximum atomic E-state index is 14.4. The number of carbonyl (C=O) groups excluding carboxylic acids is 1. The first-order valence-electron chi connectivity index (χ1n) is 9.76. The van der Waals surface area contributed by atoms with Crippen molar-refractivity contribution in [2.24, 2.45) is 0 Å². The van der Waals surface area contributed by atoms with E-state index in [0.717, 1.165) is 18.4 Å². The molecule has 2 aromatic carbocycles. The molecule has 3 aromatic rings. The van der Waals surface area contributed by atoms with Crippen molar-refractivity contribution < 1.29 is 9.18 Å². The number of nitrogens with zero attached hydrogens (tertiary/aromatic N) is 3. The van der Waals surface area contributed by atoms with Crippen molar-refractivity contribution in [3.8, 4) is 11.4 Å². The molecule has 7 heteroatoms. The molecular formula is C22H25FN4OS. The Labute approximate surface area is 174 Å². The Morgan fingerprint density at radius 1 is 1.07 bits per heavy atom. The van der Waals surface area contributed by atoms with E-state index in [0.29, 0.717) is 23.1 Å². The number of halogens is 1. The van der Waals surface area contributed by atoms with Crippen LogP contribution in [0.25, 0.3) is 11.4 Å². The van der Waals surface area contributed by atoms with E-state index in [1.165, 1.54) is 17.8 Å². The van der Waals surface area contributed by atoms with Crippen molar-refractivity contribution in [2.75, 3.05) is 5.75 Å². The summed E-state index contributed by atoms with van der Waals surface area (Å²) in [6.45, 7) is 4.60. The molecule has 3 rings (SSSR count). The fraction of sp³-hybridized carbons (Fsp3) is 0.318. The highest BCUT2D eigenvalue weighted by molar-refractivity contribution is 7.99. The molecule has 0 saturated carbocycles. The molecule has 0 aliphatic rings. The molecular weight excluding hydrogens is 387 g/mol. The first-order valence-corrected chi connectivity index (χ1v) is 10.7. The Morgan fingerprint density at radius 3 is 2.45 bits per heavy atom. The second-order valence-electron chi connectivity index (χ2n) is 6.73. The lowest BCUT2D eigenvalue weighted by atomic mass is 10.2. The van der Waals surface area contributed by atoms with Crippen molar-refractivity contribution in [2.45, 2.75) is 44.4 Å². The van der Waals surface area contributed by atoms with Crippen LogP contribution in [0.1, 0.15) is 32.3 Å². The fourth-order valence-electron chi connectivity index (χ4n) is 3.04. The van der Waals surface area contributed by atoms with Gasteiger partial charge < -0.3 is 5.32 Å². The highest BCUT2D eigenvalue weighted by atomic mass is 32.2. The van der Waals surface area contributed by atoms with Gasteiger partial charge in [0.05, 0.1) is 17.9 Å². The first kappa shape index (κ1) is 21.0. The molecule has 5 nitrogen and oxygen atoms in total. The molecule has 0 atom stereocenters. The van der Waals surface area contributed by atoms with Crippen molar-refractivity contribution in [3.05, 3.63) is 66.0 Å². The molecule has 29 heavy (non-hydrogen) atoms. The van der Waals surface area contributed by atoms with Crippen LogP contribution in [-0.2, 0) is 11.3 Å². The minimum absolute atomic E-state index is 0.0367. The molecule has 1 N–H and O–H groups in total. The summed E-state index contributed by atoms with van der Waals surface area (Å²) in [6.07, 6.45) is 1.79. The monoisotopic (exact) mass is 412 g/mol. The van der Waals surface area contributed by atoms with Gasteiger partial charge >= 0.3 is 0 Å². The van der Waals surface area contributed by atoms with Gasteiger partial charge in [-0.25, -0.2) is 4.39 Å². The Morgan fingerprint density at radius 2 is 1.76 bits per heavy atom. The third-order valence-electron chi connectivity index (χ3n) is 4.70. The maximum absolute atomic E-state index is 14.4. The molecule has 1 heterocycles. The highest BCUT2D eigenvalue weighted by Crippen LogP contribution is 2.27. The number of benzene rings is 2. The number of carbonyl (C=O) groups is 1. The molecule has 1 amide bonds. The molecule has 0 saturated heterocycles. The number of thioether (sulfide) groups is 1. The Balaban J connectivity index is 1.85. The number of aromatic nitrogens is 3. The lowest BCUT2D eigenvalue weighted by molar-refractivity contribution is -0.119. The van der Waals surface area contributed by atoms with Crippen LogP contribution in [0, 0.1) is 5.82 Å². The minimum atomic E-state index is -0.350. The van der Waals surface area contributed by atoms with E-state index in [2.05, 4.69) is 29.4 Å². The van der Waals surface area contributed by atoms with Gasteiger partial charge in [0, 0.05) is 6.04 Å². The van der Waals surface area contributed by atoms with Crippen LogP contribution in [0.15, 0.2) is 59.8 Å². The van der Waals surface area contributed by atoms with Crippen LogP contribution in [-0.4, -0.2) is 32.5 Å². The predicted molar refractivity (Wildman–Crippen MR) is 114 cm³/mol. The third-order valence-corrected chi connectivity index (χ3v) is 5.66. The predicted octanol–water partition coefficient (Wildman–Crippen LogP) is 4.53. The maximum Gasteiger partial charge on any atom is 0.230 e. The third kappa shape index (κ3) is 5.44. The van der Waals surface area contributed by atoms with Crippen LogP contribution in [0.2, 0.25) is 0 Å². The van der Waals surface area contributed by atoms with Gasteiger partial charge in [-0.2, -0.15) is 0 Å². The molecule has 0 bridgehead atoms. The van der Waals surface area contributed by atoms with Gasteiger partial charge in [-0.1, -0.05) is 68.1 Å². The zero-order chi connectivity index (χ0) is 20.6. The van der Waals surface area contributed by atoms with Crippen molar-refractivity contribution in [1.29, 1.82) is 0 Å². The first-order chi connectivity index (χ1) is 14.1. The molecule has 0 aliphatic carbocycles.